The summed E-state index contributed by atoms with van der Waals surface area (Å²) in [6, 6.07) is 2.83. The first-order chi connectivity index (χ1) is 19.9. The topological polar surface area (TPSA) is 104 Å². The average Bonchev–Trinajstić information content (AvgIpc) is 3.29. The summed E-state index contributed by atoms with van der Waals surface area (Å²) in [5.41, 5.74) is -4.25. The molecule has 1 saturated heterocycles. The number of aliphatic imine (C=N–C) groups is 1. The van der Waals surface area contributed by atoms with Crippen LogP contribution in [-0.2, 0) is 14.3 Å². The minimum atomic E-state index is -2.04. The van der Waals surface area contributed by atoms with Gasteiger partial charge in [0.25, 0.3) is 0 Å². The summed E-state index contributed by atoms with van der Waals surface area (Å²) in [4.78, 5) is 36.0. The summed E-state index contributed by atoms with van der Waals surface area (Å²) in [6.07, 6.45) is 1.93. The second-order valence-corrected chi connectivity index (χ2v) is 13.0. The number of carboxylic acids is 1. The number of aromatic nitrogens is 1. The van der Waals surface area contributed by atoms with Gasteiger partial charge in [0, 0.05) is 60.2 Å². The molecule has 1 aromatic carbocycles. The van der Waals surface area contributed by atoms with Crippen molar-refractivity contribution in [2.24, 2.45) is 16.3 Å². The molecule has 0 spiro atoms. The van der Waals surface area contributed by atoms with Gasteiger partial charge in [-0.2, -0.15) is 0 Å². The standard InChI is InChI=1S/C29H30ClF3N4O4S/c1-3-41-26(40)21-18(35-24(25-34-7-8-42-25)36-23(21)16-5-4-6-17(31)22(16)30)12-37-14-28(29(33)13-27(29,2)32)11-15(9-19(28)37)10-20(38)39/h4-8,15,19,23H,3,9-14H2,1-2H3,(H,35,36)(H,38,39)/t15?,19-,23+,27?,28?,29?/m1/s1. The lowest BCUT2D eigenvalue weighted by Crippen LogP contribution is -2.68. The molecular weight excluding hydrogens is 593 g/mol. The van der Waals surface area contributed by atoms with Crippen molar-refractivity contribution in [3.05, 3.63) is 62.5 Å². The number of alkyl halides is 2. The summed E-state index contributed by atoms with van der Waals surface area (Å²) in [6.45, 7) is 3.32. The van der Waals surface area contributed by atoms with Crippen molar-refractivity contribution < 1.29 is 32.6 Å². The summed E-state index contributed by atoms with van der Waals surface area (Å²) in [5, 5.41) is 14.8. The van der Waals surface area contributed by atoms with Crippen LogP contribution in [-0.4, -0.2) is 69.8 Å². The van der Waals surface area contributed by atoms with Crippen molar-refractivity contribution >= 4 is 40.7 Å². The monoisotopic (exact) mass is 622 g/mol. The Labute approximate surface area is 249 Å². The number of hydrogen-bond donors (Lipinski definition) is 2. The summed E-state index contributed by atoms with van der Waals surface area (Å²) >= 11 is 7.70. The van der Waals surface area contributed by atoms with Crippen LogP contribution in [0.25, 0.3) is 0 Å². The molecule has 3 fully saturated rings. The van der Waals surface area contributed by atoms with Gasteiger partial charge in [-0.1, -0.05) is 23.7 Å². The summed E-state index contributed by atoms with van der Waals surface area (Å²) in [5.74, 6) is -2.27. The number of rotatable bonds is 9. The molecular formula is C29H30ClF3N4O4S. The molecule has 4 aliphatic rings. The van der Waals surface area contributed by atoms with Crippen molar-refractivity contribution in [2.75, 3.05) is 19.7 Å². The van der Waals surface area contributed by atoms with E-state index >= 15 is 8.78 Å². The lowest BCUT2D eigenvalue weighted by atomic mass is 9.67. The van der Waals surface area contributed by atoms with Gasteiger partial charge in [0.2, 0.25) is 0 Å². The van der Waals surface area contributed by atoms with Crippen molar-refractivity contribution in [2.45, 2.75) is 63.0 Å². The molecule has 2 aliphatic heterocycles. The van der Waals surface area contributed by atoms with E-state index in [9.17, 15) is 19.1 Å². The number of hydrogen-bond acceptors (Lipinski definition) is 8. The highest BCUT2D eigenvalue weighted by atomic mass is 35.5. The fourth-order valence-corrected chi connectivity index (χ4v) is 8.13. The number of carbonyl (C=O) groups is 2. The molecule has 2 aromatic rings. The Morgan fingerprint density at radius 3 is 2.74 bits per heavy atom. The number of aliphatic carboxylic acids is 1. The molecule has 0 amide bonds. The van der Waals surface area contributed by atoms with Crippen LogP contribution < -0.4 is 5.32 Å². The smallest absolute Gasteiger partial charge is 0.338 e. The van der Waals surface area contributed by atoms with Crippen molar-refractivity contribution in [1.82, 2.24) is 15.2 Å². The number of nitrogens with one attached hydrogen (secondary N) is 1. The maximum atomic E-state index is 16.1. The third-order valence-corrected chi connectivity index (χ3v) is 10.4. The molecule has 2 aliphatic carbocycles. The van der Waals surface area contributed by atoms with Gasteiger partial charge in [-0.3, -0.25) is 14.7 Å². The molecule has 8 nitrogen and oxygen atoms in total. The number of benzene rings is 1. The molecule has 0 radical (unpaired) electrons. The Kier molecular flexibility index (Phi) is 7.17. The molecule has 6 atom stereocenters. The number of carboxylic acid groups (broad SMARTS) is 1. The van der Waals surface area contributed by atoms with Crippen LogP contribution in [0, 0.1) is 17.2 Å². The van der Waals surface area contributed by atoms with Gasteiger partial charge in [0.05, 0.1) is 17.2 Å². The normalized spacial score (nSPS) is 33.9. The van der Waals surface area contributed by atoms with Gasteiger partial charge in [0.15, 0.2) is 16.5 Å². The van der Waals surface area contributed by atoms with Crippen LogP contribution in [0.4, 0.5) is 13.2 Å². The molecule has 2 N–H and O–H groups in total. The summed E-state index contributed by atoms with van der Waals surface area (Å²) in [7, 11) is 0. The Balaban J connectivity index is 1.40. The molecule has 42 heavy (non-hydrogen) atoms. The second-order valence-electron chi connectivity index (χ2n) is 11.8. The van der Waals surface area contributed by atoms with Gasteiger partial charge in [-0.15, -0.1) is 11.3 Å². The van der Waals surface area contributed by atoms with Gasteiger partial charge in [0.1, 0.15) is 17.5 Å². The van der Waals surface area contributed by atoms with Crippen LogP contribution in [0.3, 0.4) is 0 Å². The Hall–Kier alpha value is -2.96. The Bertz CT molecular complexity index is 1500. The molecule has 13 heteroatoms. The van der Waals surface area contributed by atoms with E-state index in [0.717, 1.165) is 0 Å². The zero-order chi connectivity index (χ0) is 30.0. The van der Waals surface area contributed by atoms with E-state index in [4.69, 9.17) is 21.3 Å². The van der Waals surface area contributed by atoms with Crippen LogP contribution in [0.2, 0.25) is 5.02 Å². The molecule has 224 valence electrons. The van der Waals surface area contributed by atoms with Crippen molar-refractivity contribution in [1.29, 1.82) is 0 Å². The number of carbonyl (C=O) groups excluding carboxylic acids is 1. The maximum Gasteiger partial charge on any atom is 0.338 e. The van der Waals surface area contributed by atoms with E-state index in [1.165, 1.54) is 30.4 Å². The molecule has 0 bridgehead atoms. The second kappa shape index (κ2) is 10.3. The van der Waals surface area contributed by atoms with Gasteiger partial charge in [-0.05, 0) is 38.7 Å². The fourth-order valence-electron chi connectivity index (χ4n) is 7.31. The number of thiazole rings is 1. The largest absolute Gasteiger partial charge is 0.481 e. The molecule has 4 unspecified atom stereocenters. The van der Waals surface area contributed by atoms with E-state index in [0.29, 0.717) is 23.0 Å². The van der Waals surface area contributed by atoms with Gasteiger partial charge < -0.3 is 15.2 Å². The Morgan fingerprint density at radius 1 is 1.33 bits per heavy atom. The fraction of sp³-hybridized carbons (Fsp3) is 0.517. The lowest BCUT2D eigenvalue weighted by molar-refractivity contribution is -0.139. The van der Waals surface area contributed by atoms with Crippen LogP contribution >= 0.6 is 22.9 Å². The number of likely N-dealkylation sites (tertiary alicyclic amines) is 1. The molecule has 1 aromatic heterocycles. The highest BCUT2D eigenvalue weighted by Gasteiger charge is 2.83. The Morgan fingerprint density at radius 2 is 2.10 bits per heavy atom. The van der Waals surface area contributed by atoms with E-state index in [2.05, 4.69) is 10.3 Å². The number of amidine groups is 1. The first-order valence-corrected chi connectivity index (χ1v) is 15.1. The quantitative estimate of drug-likeness (QED) is 0.369. The van der Waals surface area contributed by atoms with Crippen LogP contribution in [0.5, 0.6) is 0 Å². The van der Waals surface area contributed by atoms with Gasteiger partial charge >= 0.3 is 11.9 Å². The minimum absolute atomic E-state index is 0.0774. The number of nitrogens with zero attached hydrogens (tertiary/aromatic N) is 3. The van der Waals surface area contributed by atoms with Crippen molar-refractivity contribution in [3.63, 3.8) is 0 Å². The molecule has 6 rings (SSSR count). The van der Waals surface area contributed by atoms with Crippen molar-refractivity contribution in [3.8, 4) is 0 Å². The molecule has 2 saturated carbocycles. The predicted octanol–water partition coefficient (Wildman–Crippen LogP) is 5.24. The number of ether oxygens (including phenoxy) is 1. The zero-order valence-electron chi connectivity index (χ0n) is 23.0. The minimum Gasteiger partial charge on any atom is -0.481 e. The van der Waals surface area contributed by atoms with E-state index in [1.807, 2.05) is 4.90 Å². The maximum absolute atomic E-state index is 16.1. The average molecular weight is 623 g/mol. The van der Waals surface area contributed by atoms with Crippen LogP contribution in [0.1, 0.15) is 56.1 Å². The number of halogens is 4. The van der Waals surface area contributed by atoms with E-state index < -0.39 is 46.6 Å². The third kappa shape index (κ3) is 4.53. The van der Waals surface area contributed by atoms with E-state index in [-0.39, 0.29) is 61.0 Å². The van der Waals surface area contributed by atoms with E-state index in [1.54, 1.807) is 24.6 Å². The lowest BCUT2D eigenvalue weighted by Gasteiger charge is -2.57. The summed E-state index contributed by atoms with van der Waals surface area (Å²) < 4.78 is 51.2. The predicted molar refractivity (Wildman–Crippen MR) is 150 cm³/mol. The first-order valence-electron chi connectivity index (χ1n) is 13.8. The van der Waals surface area contributed by atoms with Crippen LogP contribution in [0.15, 0.2) is 46.0 Å². The highest BCUT2D eigenvalue weighted by Crippen LogP contribution is 2.73. The third-order valence-electron chi connectivity index (χ3n) is 9.20. The van der Waals surface area contributed by atoms with Gasteiger partial charge in [-0.25, -0.2) is 22.9 Å². The highest BCUT2D eigenvalue weighted by molar-refractivity contribution is 7.11. The SMILES string of the molecule is CCOC(=O)C1=C(CN2CC3(C4(F)CC4(C)F)CC(CC(=O)O)C[C@@H]23)NC(c2nccs2)=N[C@H]1c1cccc(F)c1Cl. The number of fused-ring (bicyclic) bond motifs is 1. The molecule has 3 heterocycles. The zero-order valence-corrected chi connectivity index (χ0v) is 24.6. The number of esters is 1. The first kappa shape index (κ1) is 29.1.